The SMILES string of the molecule is Cc1ccc(-n2cncn2)nc1C. The summed E-state index contributed by atoms with van der Waals surface area (Å²) < 4.78 is 1.65. The van der Waals surface area contributed by atoms with Gasteiger partial charge in [-0.3, -0.25) is 0 Å². The highest BCUT2D eigenvalue weighted by atomic mass is 15.3. The van der Waals surface area contributed by atoms with Crippen molar-refractivity contribution in [2.45, 2.75) is 13.8 Å². The van der Waals surface area contributed by atoms with Crippen LogP contribution in [0, 0.1) is 13.8 Å². The average Bonchev–Trinajstić information content (AvgIpc) is 2.62. The first-order valence-electron chi connectivity index (χ1n) is 4.06. The fourth-order valence-electron chi connectivity index (χ4n) is 1.07. The van der Waals surface area contributed by atoms with E-state index in [1.54, 1.807) is 11.0 Å². The summed E-state index contributed by atoms with van der Waals surface area (Å²) in [7, 11) is 0. The van der Waals surface area contributed by atoms with E-state index in [1.807, 2.05) is 26.0 Å². The van der Waals surface area contributed by atoms with Crippen molar-refractivity contribution < 1.29 is 0 Å². The van der Waals surface area contributed by atoms with Gasteiger partial charge in [-0.15, -0.1) is 0 Å². The Bertz CT molecular complexity index is 406. The first kappa shape index (κ1) is 7.91. The smallest absolute Gasteiger partial charge is 0.155 e. The third-order valence-electron chi connectivity index (χ3n) is 1.99. The Labute approximate surface area is 76.3 Å². The summed E-state index contributed by atoms with van der Waals surface area (Å²) in [6.45, 7) is 4.02. The van der Waals surface area contributed by atoms with Crippen LogP contribution in [-0.2, 0) is 0 Å². The Balaban J connectivity index is 2.49. The molecule has 2 aromatic rings. The highest BCUT2D eigenvalue weighted by Gasteiger charge is 1.99. The van der Waals surface area contributed by atoms with Crippen molar-refractivity contribution in [2.75, 3.05) is 0 Å². The molecule has 0 bridgehead atoms. The zero-order valence-electron chi connectivity index (χ0n) is 7.60. The number of pyridine rings is 1. The third kappa shape index (κ3) is 1.42. The van der Waals surface area contributed by atoms with E-state index < -0.39 is 0 Å². The van der Waals surface area contributed by atoms with Gasteiger partial charge in [-0.05, 0) is 25.5 Å². The molecule has 13 heavy (non-hydrogen) atoms. The molecule has 0 aliphatic heterocycles. The molecule has 0 spiro atoms. The van der Waals surface area contributed by atoms with Gasteiger partial charge in [-0.1, -0.05) is 6.07 Å². The fourth-order valence-corrected chi connectivity index (χ4v) is 1.07. The van der Waals surface area contributed by atoms with Crippen molar-refractivity contribution in [3.05, 3.63) is 36.0 Å². The predicted octanol–water partition coefficient (Wildman–Crippen LogP) is 1.28. The molecule has 0 radical (unpaired) electrons. The van der Waals surface area contributed by atoms with Crippen molar-refractivity contribution in [1.82, 2.24) is 19.7 Å². The summed E-state index contributed by atoms with van der Waals surface area (Å²) in [4.78, 5) is 8.24. The van der Waals surface area contributed by atoms with Gasteiger partial charge in [0.25, 0.3) is 0 Å². The minimum atomic E-state index is 0.806. The molecule has 2 heterocycles. The van der Waals surface area contributed by atoms with Crippen LogP contribution in [-0.4, -0.2) is 19.7 Å². The highest BCUT2D eigenvalue weighted by Crippen LogP contribution is 2.07. The lowest BCUT2D eigenvalue weighted by Gasteiger charge is -2.02. The summed E-state index contributed by atoms with van der Waals surface area (Å²) in [5.74, 6) is 0.806. The summed E-state index contributed by atoms with van der Waals surface area (Å²) in [6.07, 6.45) is 3.13. The molecule has 0 unspecified atom stereocenters. The van der Waals surface area contributed by atoms with Crippen LogP contribution in [0.1, 0.15) is 11.3 Å². The van der Waals surface area contributed by atoms with E-state index in [-0.39, 0.29) is 0 Å². The maximum Gasteiger partial charge on any atom is 0.155 e. The lowest BCUT2D eigenvalue weighted by molar-refractivity contribution is 0.837. The van der Waals surface area contributed by atoms with E-state index in [9.17, 15) is 0 Å². The number of aryl methyl sites for hydroxylation is 2. The average molecular weight is 174 g/mol. The van der Waals surface area contributed by atoms with Gasteiger partial charge < -0.3 is 0 Å². The quantitative estimate of drug-likeness (QED) is 0.654. The molecule has 0 aliphatic carbocycles. The monoisotopic (exact) mass is 174 g/mol. The van der Waals surface area contributed by atoms with Crippen LogP contribution >= 0.6 is 0 Å². The first-order valence-corrected chi connectivity index (χ1v) is 4.06. The molecule has 0 fully saturated rings. The van der Waals surface area contributed by atoms with Crippen molar-refractivity contribution >= 4 is 0 Å². The second-order valence-electron chi connectivity index (χ2n) is 2.91. The van der Waals surface area contributed by atoms with Crippen LogP contribution in [0.15, 0.2) is 24.8 Å². The Morgan fingerprint density at radius 3 is 2.69 bits per heavy atom. The van der Waals surface area contributed by atoms with Gasteiger partial charge in [0.05, 0.1) is 0 Å². The molecule has 0 aliphatic rings. The van der Waals surface area contributed by atoms with Crippen LogP contribution < -0.4 is 0 Å². The minimum absolute atomic E-state index is 0.806. The molecule has 0 saturated carbocycles. The molecule has 66 valence electrons. The third-order valence-corrected chi connectivity index (χ3v) is 1.99. The van der Waals surface area contributed by atoms with E-state index in [2.05, 4.69) is 15.1 Å². The molecule has 4 nitrogen and oxygen atoms in total. The summed E-state index contributed by atoms with van der Waals surface area (Å²) >= 11 is 0. The first-order chi connectivity index (χ1) is 6.27. The zero-order chi connectivity index (χ0) is 9.26. The molecule has 2 rings (SSSR count). The van der Waals surface area contributed by atoms with Crippen LogP contribution in [0.4, 0.5) is 0 Å². The van der Waals surface area contributed by atoms with Gasteiger partial charge in [0.2, 0.25) is 0 Å². The van der Waals surface area contributed by atoms with Crippen molar-refractivity contribution in [3.63, 3.8) is 0 Å². The Hall–Kier alpha value is -1.71. The molecule has 0 aromatic carbocycles. The van der Waals surface area contributed by atoms with Gasteiger partial charge in [-0.25, -0.2) is 14.6 Å². The number of rotatable bonds is 1. The van der Waals surface area contributed by atoms with E-state index in [1.165, 1.54) is 11.9 Å². The van der Waals surface area contributed by atoms with Gasteiger partial charge >= 0.3 is 0 Å². The molecule has 0 amide bonds. The normalized spacial score (nSPS) is 10.3. The van der Waals surface area contributed by atoms with Crippen LogP contribution in [0.2, 0.25) is 0 Å². The number of hydrogen-bond donors (Lipinski definition) is 0. The predicted molar refractivity (Wildman–Crippen MR) is 48.6 cm³/mol. The summed E-state index contributed by atoms with van der Waals surface area (Å²) in [5, 5.41) is 4.00. The van der Waals surface area contributed by atoms with Crippen molar-refractivity contribution in [2.24, 2.45) is 0 Å². The number of aromatic nitrogens is 4. The molecule has 0 N–H and O–H groups in total. The summed E-state index contributed by atoms with van der Waals surface area (Å²) in [5.41, 5.74) is 2.21. The molecular weight excluding hydrogens is 164 g/mol. The fraction of sp³-hybridized carbons (Fsp3) is 0.222. The van der Waals surface area contributed by atoms with Crippen molar-refractivity contribution in [3.8, 4) is 5.82 Å². The summed E-state index contributed by atoms with van der Waals surface area (Å²) in [6, 6.07) is 3.95. The number of hydrogen-bond acceptors (Lipinski definition) is 3. The van der Waals surface area contributed by atoms with Gasteiger partial charge in [0.15, 0.2) is 5.82 Å². The Morgan fingerprint density at radius 2 is 2.08 bits per heavy atom. The van der Waals surface area contributed by atoms with E-state index in [0.717, 1.165) is 11.5 Å². The molecule has 0 saturated heterocycles. The second-order valence-corrected chi connectivity index (χ2v) is 2.91. The van der Waals surface area contributed by atoms with Crippen LogP contribution in [0.25, 0.3) is 5.82 Å². The van der Waals surface area contributed by atoms with Crippen LogP contribution in [0.3, 0.4) is 0 Å². The lowest BCUT2D eigenvalue weighted by Crippen LogP contribution is -1.99. The largest absolute Gasteiger partial charge is 0.234 e. The molecule has 2 aromatic heterocycles. The van der Waals surface area contributed by atoms with Gasteiger partial charge in [0, 0.05) is 5.69 Å². The van der Waals surface area contributed by atoms with E-state index in [4.69, 9.17) is 0 Å². The zero-order valence-corrected chi connectivity index (χ0v) is 7.60. The Kier molecular flexibility index (Phi) is 1.81. The van der Waals surface area contributed by atoms with Crippen molar-refractivity contribution in [1.29, 1.82) is 0 Å². The lowest BCUT2D eigenvalue weighted by atomic mass is 10.2. The van der Waals surface area contributed by atoms with Gasteiger partial charge in [0.1, 0.15) is 12.7 Å². The molecule has 4 heteroatoms. The van der Waals surface area contributed by atoms with E-state index in [0.29, 0.717) is 0 Å². The maximum atomic E-state index is 4.38. The Morgan fingerprint density at radius 1 is 1.23 bits per heavy atom. The van der Waals surface area contributed by atoms with Gasteiger partial charge in [-0.2, -0.15) is 5.10 Å². The topological polar surface area (TPSA) is 43.6 Å². The standard InChI is InChI=1S/C9H10N4/c1-7-3-4-9(12-8(7)2)13-6-10-5-11-13/h3-6H,1-2H3. The minimum Gasteiger partial charge on any atom is -0.234 e. The maximum absolute atomic E-state index is 4.38. The highest BCUT2D eigenvalue weighted by molar-refractivity contribution is 5.27. The van der Waals surface area contributed by atoms with E-state index >= 15 is 0 Å². The molecule has 0 atom stereocenters. The van der Waals surface area contributed by atoms with Crippen LogP contribution in [0.5, 0.6) is 0 Å². The molecular formula is C9H10N4. The number of nitrogens with zero attached hydrogens (tertiary/aromatic N) is 4. The second kappa shape index (κ2) is 2.97.